The summed E-state index contributed by atoms with van der Waals surface area (Å²) in [6.07, 6.45) is 2.79. The summed E-state index contributed by atoms with van der Waals surface area (Å²) in [6.45, 7) is 6.09. The maximum atomic E-state index is 5.61. The van der Waals surface area contributed by atoms with E-state index in [4.69, 9.17) is 4.74 Å². The van der Waals surface area contributed by atoms with E-state index in [1.54, 1.807) is 0 Å². The number of anilines is 2. The first kappa shape index (κ1) is 10.9. The fourth-order valence-electron chi connectivity index (χ4n) is 2.79. The maximum absolute atomic E-state index is 5.61. The molecular weight excluding hydrogens is 212 g/mol. The minimum Gasteiger partial charge on any atom is -0.383 e. The molecule has 92 valence electrons. The Morgan fingerprint density at radius 3 is 3.24 bits per heavy atom. The van der Waals surface area contributed by atoms with Gasteiger partial charge in [0.2, 0.25) is 0 Å². The first-order valence-corrected chi connectivity index (χ1v) is 6.57. The zero-order valence-electron chi connectivity index (χ0n) is 10.4. The monoisotopic (exact) mass is 232 g/mol. The molecule has 0 saturated carbocycles. The molecule has 1 aromatic carbocycles. The lowest BCUT2D eigenvalue weighted by Crippen LogP contribution is -2.41. The lowest BCUT2D eigenvalue weighted by atomic mass is 10.0. The predicted octanol–water partition coefficient (Wildman–Crippen LogP) is 2.27. The van der Waals surface area contributed by atoms with E-state index in [9.17, 15) is 0 Å². The highest BCUT2D eigenvalue weighted by atomic mass is 16.5. The Balaban J connectivity index is 1.91. The number of nitrogens with one attached hydrogen (secondary N) is 1. The molecule has 1 fully saturated rings. The number of hydrogen-bond donors (Lipinski definition) is 1. The second-order valence-corrected chi connectivity index (χ2v) is 4.97. The Morgan fingerprint density at radius 1 is 1.41 bits per heavy atom. The average Bonchev–Trinajstić information content (AvgIpc) is 2.38. The standard InChI is InChI=1S/C14H20N2O/c1-11-10-16(8-9-17-11)13-6-2-4-12-5-3-7-15-14(12)13/h2,4,6,11,15H,3,5,7-10H2,1H3. The second-order valence-electron chi connectivity index (χ2n) is 4.97. The van der Waals surface area contributed by atoms with Crippen LogP contribution in [0.5, 0.6) is 0 Å². The molecule has 3 rings (SSSR count). The van der Waals surface area contributed by atoms with Gasteiger partial charge in [-0.1, -0.05) is 12.1 Å². The molecule has 1 unspecified atom stereocenters. The van der Waals surface area contributed by atoms with Crippen molar-refractivity contribution < 1.29 is 4.74 Å². The molecule has 17 heavy (non-hydrogen) atoms. The van der Waals surface area contributed by atoms with Gasteiger partial charge in [-0.2, -0.15) is 0 Å². The number of ether oxygens (including phenoxy) is 1. The summed E-state index contributed by atoms with van der Waals surface area (Å²) in [5.74, 6) is 0. The van der Waals surface area contributed by atoms with Crippen LogP contribution in [0, 0.1) is 0 Å². The van der Waals surface area contributed by atoms with E-state index in [1.807, 2.05) is 0 Å². The number of para-hydroxylation sites is 1. The van der Waals surface area contributed by atoms with E-state index < -0.39 is 0 Å². The van der Waals surface area contributed by atoms with Crippen molar-refractivity contribution in [2.45, 2.75) is 25.9 Å². The molecule has 1 atom stereocenters. The van der Waals surface area contributed by atoms with Crippen LogP contribution in [-0.4, -0.2) is 32.3 Å². The molecular formula is C14H20N2O. The lowest BCUT2D eigenvalue weighted by Gasteiger charge is -2.35. The Morgan fingerprint density at radius 2 is 2.35 bits per heavy atom. The summed E-state index contributed by atoms with van der Waals surface area (Å²) in [4.78, 5) is 2.45. The molecule has 0 aliphatic carbocycles. The van der Waals surface area contributed by atoms with Crippen LogP contribution >= 0.6 is 0 Å². The smallest absolute Gasteiger partial charge is 0.0722 e. The highest BCUT2D eigenvalue weighted by molar-refractivity contribution is 5.74. The van der Waals surface area contributed by atoms with Crippen molar-refractivity contribution in [1.29, 1.82) is 0 Å². The maximum Gasteiger partial charge on any atom is 0.0722 e. The molecule has 1 N–H and O–H groups in total. The van der Waals surface area contributed by atoms with Crippen LogP contribution in [0.2, 0.25) is 0 Å². The third-order valence-electron chi connectivity index (χ3n) is 3.64. The molecule has 3 heteroatoms. The van der Waals surface area contributed by atoms with Crippen LogP contribution in [0.15, 0.2) is 18.2 Å². The van der Waals surface area contributed by atoms with Crippen molar-refractivity contribution >= 4 is 11.4 Å². The van der Waals surface area contributed by atoms with Crippen LogP contribution in [-0.2, 0) is 11.2 Å². The van der Waals surface area contributed by atoms with Crippen molar-refractivity contribution in [3.8, 4) is 0 Å². The third kappa shape index (κ3) is 2.12. The van der Waals surface area contributed by atoms with Gasteiger partial charge in [0.25, 0.3) is 0 Å². The molecule has 2 aliphatic rings. The van der Waals surface area contributed by atoms with E-state index in [1.165, 1.54) is 29.8 Å². The van der Waals surface area contributed by atoms with E-state index in [2.05, 4.69) is 35.3 Å². The van der Waals surface area contributed by atoms with E-state index in [-0.39, 0.29) is 0 Å². The van der Waals surface area contributed by atoms with Gasteiger partial charge in [-0.3, -0.25) is 0 Å². The fraction of sp³-hybridized carbons (Fsp3) is 0.571. The third-order valence-corrected chi connectivity index (χ3v) is 3.64. The van der Waals surface area contributed by atoms with Crippen LogP contribution in [0.4, 0.5) is 11.4 Å². The van der Waals surface area contributed by atoms with Gasteiger partial charge in [0.15, 0.2) is 0 Å². The van der Waals surface area contributed by atoms with Gasteiger partial charge in [-0.15, -0.1) is 0 Å². The topological polar surface area (TPSA) is 24.5 Å². The van der Waals surface area contributed by atoms with Crippen LogP contribution in [0.25, 0.3) is 0 Å². The number of rotatable bonds is 1. The number of aryl methyl sites for hydroxylation is 1. The van der Waals surface area contributed by atoms with Crippen LogP contribution < -0.4 is 10.2 Å². The van der Waals surface area contributed by atoms with Gasteiger partial charge in [0.1, 0.15) is 0 Å². The number of fused-ring (bicyclic) bond motifs is 1. The van der Waals surface area contributed by atoms with Gasteiger partial charge >= 0.3 is 0 Å². The molecule has 1 saturated heterocycles. The minimum atomic E-state index is 0.336. The van der Waals surface area contributed by atoms with Crippen molar-refractivity contribution in [3.05, 3.63) is 23.8 Å². The van der Waals surface area contributed by atoms with Gasteiger partial charge in [-0.25, -0.2) is 0 Å². The quantitative estimate of drug-likeness (QED) is 0.804. The summed E-state index contributed by atoms with van der Waals surface area (Å²) in [5, 5.41) is 3.56. The Bertz CT molecular complexity index is 405. The lowest BCUT2D eigenvalue weighted by molar-refractivity contribution is 0.0532. The summed E-state index contributed by atoms with van der Waals surface area (Å²) in [6, 6.07) is 6.66. The van der Waals surface area contributed by atoms with E-state index in [0.717, 1.165) is 26.2 Å². The highest BCUT2D eigenvalue weighted by Gasteiger charge is 2.21. The Labute approximate surface area is 103 Å². The number of nitrogens with zero attached hydrogens (tertiary/aromatic N) is 1. The van der Waals surface area contributed by atoms with Crippen LogP contribution in [0.3, 0.4) is 0 Å². The number of hydrogen-bond acceptors (Lipinski definition) is 3. The van der Waals surface area contributed by atoms with Crippen molar-refractivity contribution in [1.82, 2.24) is 0 Å². The van der Waals surface area contributed by atoms with E-state index >= 15 is 0 Å². The largest absolute Gasteiger partial charge is 0.383 e. The summed E-state index contributed by atoms with van der Waals surface area (Å²) >= 11 is 0. The predicted molar refractivity (Wildman–Crippen MR) is 70.9 cm³/mol. The van der Waals surface area contributed by atoms with E-state index in [0.29, 0.717) is 6.10 Å². The number of benzene rings is 1. The zero-order valence-corrected chi connectivity index (χ0v) is 10.4. The second kappa shape index (κ2) is 4.57. The first-order valence-electron chi connectivity index (χ1n) is 6.57. The molecule has 0 aromatic heterocycles. The number of morpholine rings is 1. The normalized spacial score (nSPS) is 24.1. The Hall–Kier alpha value is -1.22. The molecule has 0 amide bonds. The molecule has 3 nitrogen and oxygen atoms in total. The Kier molecular flexibility index (Phi) is 2.93. The fourth-order valence-corrected chi connectivity index (χ4v) is 2.79. The average molecular weight is 232 g/mol. The summed E-state index contributed by atoms with van der Waals surface area (Å²) in [5.41, 5.74) is 4.18. The van der Waals surface area contributed by atoms with Gasteiger partial charge in [0, 0.05) is 19.6 Å². The summed E-state index contributed by atoms with van der Waals surface area (Å²) in [7, 11) is 0. The van der Waals surface area contributed by atoms with Crippen molar-refractivity contribution in [2.24, 2.45) is 0 Å². The molecule has 0 radical (unpaired) electrons. The molecule has 2 aliphatic heterocycles. The first-order chi connectivity index (χ1) is 8.34. The molecule has 1 aromatic rings. The highest BCUT2D eigenvalue weighted by Crippen LogP contribution is 2.33. The molecule has 0 bridgehead atoms. The summed E-state index contributed by atoms with van der Waals surface area (Å²) < 4.78 is 5.61. The van der Waals surface area contributed by atoms with Crippen LogP contribution in [0.1, 0.15) is 18.9 Å². The zero-order chi connectivity index (χ0) is 11.7. The van der Waals surface area contributed by atoms with Gasteiger partial charge < -0.3 is 15.0 Å². The minimum absolute atomic E-state index is 0.336. The van der Waals surface area contributed by atoms with Gasteiger partial charge in [0.05, 0.1) is 24.1 Å². The van der Waals surface area contributed by atoms with Crippen molar-refractivity contribution in [3.63, 3.8) is 0 Å². The van der Waals surface area contributed by atoms with Gasteiger partial charge in [-0.05, 0) is 31.4 Å². The van der Waals surface area contributed by atoms with Crippen molar-refractivity contribution in [2.75, 3.05) is 36.5 Å². The molecule has 2 heterocycles. The SMILES string of the molecule is CC1CN(c2cccc3c2NCCC3)CCO1. The molecule has 0 spiro atoms.